The molecule has 5 nitrogen and oxygen atoms in total. The van der Waals surface area contributed by atoms with Gasteiger partial charge in [-0.1, -0.05) is 12.1 Å². The summed E-state index contributed by atoms with van der Waals surface area (Å²) in [5.74, 6) is -0.983. The normalized spacial score (nSPS) is 15.5. The van der Waals surface area contributed by atoms with E-state index in [9.17, 15) is 27.5 Å². The van der Waals surface area contributed by atoms with Crippen LogP contribution in [0.4, 0.5) is 33.7 Å². The van der Waals surface area contributed by atoms with Crippen molar-refractivity contribution in [2.24, 2.45) is 0 Å². The third-order valence-corrected chi connectivity index (χ3v) is 6.51. The molecule has 1 saturated carbocycles. The molecule has 32 heavy (non-hydrogen) atoms. The molecule has 1 aliphatic rings. The van der Waals surface area contributed by atoms with Gasteiger partial charge in [-0.3, -0.25) is 0 Å². The number of alkyl halides is 3. The van der Waals surface area contributed by atoms with E-state index < -0.39 is 34.9 Å². The zero-order valence-corrected chi connectivity index (χ0v) is 17.4. The number of carbonyl (C=O) groups excluding carboxylic acids is 1. The number of amides is 2. The van der Waals surface area contributed by atoms with Crippen molar-refractivity contribution in [3.05, 3.63) is 65.0 Å². The Bertz CT molecular complexity index is 1120. The Morgan fingerprint density at radius 3 is 2.38 bits per heavy atom. The largest absolute Gasteiger partial charge is 0.416 e. The van der Waals surface area contributed by atoms with E-state index in [1.54, 1.807) is 30.5 Å². The summed E-state index contributed by atoms with van der Waals surface area (Å²) in [6, 6.07) is 7.54. The number of aromatic nitrogens is 1. The van der Waals surface area contributed by atoms with Gasteiger partial charge in [-0.25, -0.2) is 19.3 Å². The van der Waals surface area contributed by atoms with Gasteiger partial charge in [0.05, 0.1) is 16.1 Å². The Hall–Kier alpha value is -2.98. The highest BCUT2D eigenvalue weighted by Crippen LogP contribution is 2.42. The van der Waals surface area contributed by atoms with Gasteiger partial charge in [0.15, 0.2) is 5.60 Å². The Morgan fingerprint density at radius 2 is 1.72 bits per heavy atom. The molecule has 0 aliphatic heterocycles. The van der Waals surface area contributed by atoms with Gasteiger partial charge < -0.3 is 10.6 Å². The fourth-order valence-electron chi connectivity index (χ4n) is 3.58. The van der Waals surface area contributed by atoms with Gasteiger partial charge in [0.1, 0.15) is 10.8 Å². The lowest BCUT2D eigenvalue weighted by Gasteiger charge is -2.14. The monoisotopic (exact) mass is 464 g/mol. The molecule has 2 N–H and O–H groups in total. The molecule has 0 atom stereocenters. The van der Waals surface area contributed by atoms with Crippen LogP contribution in [0.25, 0.3) is 10.4 Å². The molecule has 10 heteroatoms. The molecule has 167 valence electrons. The molecule has 3 aromatic rings. The van der Waals surface area contributed by atoms with Crippen LogP contribution in [-0.4, -0.2) is 11.0 Å². The Kier molecular flexibility index (Phi) is 5.91. The highest BCUT2D eigenvalue weighted by Gasteiger charge is 2.38. The van der Waals surface area contributed by atoms with Crippen LogP contribution >= 0.6 is 11.3 Å². The van der Waals surface area contributed by atoms with Crippen molar-refractivity contribution in [1.82, 2.24) is 4.98 Å². The van der Waals surface area contributed by atoms with E-state index in [4.69, 9.17) is 0 Å². The summed E-state index contributed by atoms with van der Waals surface area (Å²) >= 11 is 1.35. The van der Waals surface area contributed by atoms with Crippen LogP contribution in [0, 0.1) is 5.82 Å². The molecule has 1 aromatic heterocycles. The number of nitrogens with one attached hydrogen (secondary N) is 2. The van der Waals surface area contributed by atoms with Gasteiger partial charge in [-0.15, -0.1) is 11.3 Å². The van der Waals surface area contributed by atoms with E-state index >= 15 is 0 Å². The first-order chi connectivity index (χ1) is 15.1. The number of hydrogen-bond donors (Lipinski definition) is 2. The van der Waals surface area contributed by atoms with E-state index in [2.05, 4.69) is 15.6 Å². The van der Waals surface area contributed by atoms with E-state index in [1.165, 1.54) is 11.3 Å². The second-order valence-electron chi connectivity index (χ2n) is 7.58. The predicted octanol–water partition coefficient (Wildman–Crippen LogP) is 6.81. The summed E-state index contributed by atoms with van der Waals surface area (Å²) in [7, 11) is 0. The second kappa shape index (κ2) is 8.51. The molecular formula is C22H18F4N3O2S. The fraction of sp³-hybridized carbons (Fsp3) is 0.273. The lowest BCUT2D eigenvalue weighted by atomic mass is 10.0. The number of benzene rings is 2. The molecule has 2 aromatic carbocycles. The molecule has 0 bridgehead atoms. The molecule has 1 heterocycles. The molecule has 4 rings (SSSR count). The minimum absolute atomic E-state index is 0.361. The average molecular weight is 464 g/mol. The number of hydrogen-bond acceptors (Lipinski definition) is 3. The highest BCUT2D eigenvalue weighted by molar-refractivity contribution is 7.15. The molecule has 1 radical (unpaired) electrons. The molecule has 0 unspecified atom stereocenters. The van der Waals surface area contributed by atoms with E-state index in [-0.39, 0.29) is 0 Å². The van der Waals surface area contributed by atoms with Crippen molar-refractivity contribution in [1.29, 1.82) is 0 Å². The third-order valence-electron chi connectivity index (χ3n) is 5.28. The number of rotatable bonds is 4. The maximum Gasteiger partial charge on any atom is 0.416 e. The SMILES string of the molecule is [O]C1(c2ncc(-c3ccc(NC(=O)Nc4cc(C(F)(F)F)ccc4F)cc3)s2)CCCC1. The van der Waals surface area contributed by atoms with Gasteiger partial charge in [-0.05, 0) is 61.6 Å². The van der Waals surface area contributed by atoms with Gasteiger partial charge in [-0.2, -0.15) is 13.2 Å². The van der Waals surface area contributed by atoms with Gasteiger partial charge in [0.2, 0.25) is 0 Å². The summed E-state index contributed by atoms with van der Waals surface area (Å²) in [5.41, 5.74) is -1.59. The minimum Gasteiger partial charge on any atom is -0.308 e. The quantitative estimate of drug-likeness (QED) is 0.416. The minimum atomic E-state index is -4.66. The van der Waals surface area contributed by atoms with Crippen LogP contribution in [0.1, 0.15) is 36.3 Å². The zero-order valence-electron chi connectivity index (χ0n) is 16.6. The lowest BCUT2D eigenvalue weighted by Crippen LogP contribution is -2.20. The topological polar surface area (TPSA) is 73.9 Å². The van der Waals surface area contributed by atoms with Crippen LogP contribution in [-0.2, 0) is 16.9 Å². The Labute approximate surface area is 185 Å². The smallest absolute Gasteiger partial charge is 0.308 e. The summed E-state index contributed by atoms with van der Waals surface area (Å²) in [5, 5.41) is 17.9. The molecule has 0 spiro atoms. The standard InChI is InChI=1S/C22H18F4N3O2S/c23-16-8-5-14(22(24,25)26)11-17(16)29-20(30)28-15-6-3-13(4-7-15)18-12-27-19(32-18)21(31)9-1-2-10-21/h3-8,11-12H,1-2,9-10H2,(H2,28,29,30). The van der Waals surface area contributed by atoms with Crippen LogP contribution in [0.2, 0.25) is 0 Å². The number of urea groups is 1. The third kappa shape index (κ3) is 4.76. The first-order valence-corrected chi connectivity index (χ1v) is 10.7. The fourth-order valence-corrected chi connectivity index (χ4v) is 4.64. The van der Waals surface area contributed by atoms with Crippen molar-refractivity contribution in [2.45, 2.75) is 37.5 Å². The van der Waals surface area contributed by atoms with E-state index in [0.717, 1.165) is 23.3 Å². The van der Waals surface area contributed by atoms with Gasteiger partial charge in [0, 0.05) is 11.9 Å². The summed E-state index contributed by atoms with van der Waals surface area (Å²) in [6.07, 6.45) is -0.00868. The van der Waals surface area contributed by atoms with Crippen molar-refractivity contribution >= 4 is 28.7 Å². The highest BCUT2D eigenvalue weighted by atomic mass is 32.1. The average Bonchev–Trinajstić information content (AvgIpc) is 3.40. The van der Waals surface area contributed by atoms with Crippen molar-refractivity contribution in [3.8, 4) is 10.4 Å². The van der Waals surface area contributed by atoms with Crippen LogP contribution < -0.4 is 10.6 Å². The molecule has 1 fully saturated rings. The Balaban J connectivity index is 1.42. The first kappa shape index (κ1) is 22.2. The van der Waals surface area contributed by atoms with Crippen LogP contribution in [0.15, 0.2) is 48.7 Å². The number of halogens is 4. The lowest BCUT2D eigenvalue weighted by molar-refractivity contribution is -0.137. The van der Waals surface area contributed by atoms with Crippen molar-refractivity contribution < 1.29 is 27.5 Å². The van der Waals surface area contributed by atoms with E-state index in [0.29, 0.717) is 41.7 Å². The van der Waals surface area contributed by atoms with Crippen LogP contribution in [0.5, 0.6) is 0 Å². The summed E-state index contributed by atoms with van der Waals surface area (Å²) < 4.78 is 52.2. The first-order valence-electron chi connectivity index (χ1n) is 9.86. The number of anilines is 2. The number of thiazole rings is 1. The van der Waals surface area contributed by atoms with E-state index in [1.807, 2.05) is 0 Å². The summed E-state index contributed by atoms with van der Waals surface area (Å²) in [6.45, 7) is 0. The molecule has 2 amide bonds. The predicted molar refractivity (Wildman–Crippen MR) is 112 cm³/mol. The maximum absolute atomic E-state index is 13.8. The van der Waals surface area contributed by atoms with Gasteiger partial charge in [0.25, 0.3) is 0 Å². The second-order valence-corrected chi connectivity index (χ2v) is 8.61. The molecule has 0 saturated heterocycles. The van der Waals surface area contributed by atoms with Crippen LogP contribution in [0.3, 0.4) is 0 Å². The number of carbonyl (C=O) groups is 1. The maximum atomic E-state index is 13.8. The molecule has 1 aliphatic carbocycles. The Morgan fingerprint density at radius 1 is 1.03 bits per heavy atom. The van der Waals surface area contributed by atoms with Crippen molar-refractivity contribution in [3.63, 3.8) is 0 Å². The number of nitrogens with zero attached hydrogens (tertiary/aromatic N) is 1. The van der Waals surface area contributed by atoms with Gasteiger partial charge >= 0.3 is 12.2 Å². The van der Waals surface area contributed by atoms with Crippen molar-refractivity contribution in [2.75, 3.05) is 10.6 Å². The zero-order chi connectivity index (χ0) is 22.9. The summed E-state index contributed by atoms with van der Waals surface area (Å²) in [4.78, 5) is 17.3. The molecular weight excluding hydrogens is 446 g/mol.